The maximum atomic E-state index is 11.9. The number of ether oxygens (including phenoxy) is 1. The molecule has 1 aliphatic heterocycles. The van der Waals surface area contributed by atoms with Crippen LogP contribution < -0.4 is 0 Å². The highest BCUT2D eigenvalue weighted by Gasteiger charge is 2.51. The van der Waals surface area contributed by atoms with Crippen LogP contribution in [0.3, 0.4) is 0 Å². The summed E-state index contributed by atoms with van der Waals surface area (Å²) in [6.07, 6.45) is 4.61. The van der Waals surface area contributed by atoms with Crippen LogP contribution >= 0.6 is 0 Å². The van der Waals surface area contributed by atoms with Gasteiger partial charge in [0.2, 0.25) is 0 Å². The first-order chi connectivity index (χ1) is 7.86. The molecule has 2 aliphatic rings. The summed E-state index contributed by atoms with van der Waals surface area (Å²) in [4.78, 5) is 24.9. The van der Waals surface area contributed by atoms with E-state index in [-0.39, 0.29) is 17.4 Å². The monoisotopic (exact) mass is 238 g/mol. The molecular formula is C13H20NO3. The Kier molecular flexibility index (Phi) is 2.92. The van der Waals surface area contributed by atoms with Crippen LogP contribution in [0.4, 0.5) is 4.79 Å². The van der Waals surface area contributed by atoms with E-state index in [9.17, 15) is 9.59 Å². The lowest BCUT2D eigenvalue weighted by atomic mass is 9.82. The maximum Gasteiger partial charge on any atom is 0.410 e. The van der Waals surface area contributed by atoms with Crippen LogP contribution in [0.1, 0.15) is 33.6 Å². The van der Waals surface area contributed by atoms with Gasteiger partial charge in [-0.15, -0.1) is 0 Å². The second kappa shape index (κ2) is 4.00. The predicted molar refractivity (Wildman–Crippen MR) is 63.3 cm³/mol. The van der Waals surface area contributed by atoms with Crippen LogP contribution in [0.2, 0.25) is 0 Å². The number of fused-ring (bicyclic) bond motifs is 1. The fraction of sp³-hybridized carbons (Fsp3) is 0.769. The van der Waals surface area contributed by atoms with Crippen molar-refractivity contribution in [1.82, 2.24) is 4.90 Å². The molecule has 0 aromatic heterocycles. The second-order valence-corrected chi connectivity index (χ2v) is 6.14. The van der Waals surface area contributed by atoms with Gasteiger partial charge in [0, 0.05) is 18.5 Å². The number of carbonyl (C=O) groups excluding carboxylic acids is 2. The SMILES string of the molecule is CC(C)(C)OC(=O)N1CC2C[CH]CC2(C=O)C1. The lowest BCUT2D eigenvalue weighted by Crippen LogP contribution is -2.37. The molecule has 17 heavy (non-hydrogen) atoms. The zero-order chi connectivity index (χ0) is 12.7. The van der Waals surface area contributed by atoms with Gasteiger partial charge in [-0.3, -0.25) is 0 Å². The molecule has 1 saturated heterocycles. The van der Waals surface area contributed by atoms with Gasteiger partial charge in [0.15, 0.2) is 0 Å². The van der Waals surface area contributed by atoms with E-state index >= 15 is 0 Å². The van der Waals surface area contributed by atoms with Crippen molar-refractivity contribution < 1.29 is 14.3 Å². The van der Waals surface area contributed by atoms with Gasteiger partial charge in [0.1, 0.15) is 11.9 Å². The first kappa shape index (κ1) is 12.4. The van der Waals surface area contributed by atoms with Crippen molar-refractivity contribution in [2.45, 2.75) is 39.2 Å². The molecule has 1 saturated carbocycles. The van der Waals surface area contributed by atoms with Crippen LogP contribution in [-0.4, -0.2) is 36.0 Å². The number of hydrogen-bond donors (Lipinski definition) is 0. The molecule has 0 N–H and O–H groups in total. The predicted octanol–water partition coefficient (Wildman–Crippen LogP) is 2.04. The van der Waals surface area contributed by atoms with Crippen LogP contribution in [0.25, 0.3) is 0 Å². The van der Waals surface area contributed by atoms with Gasteiger partial charge in [-0.2, -0.15) is 0 Å². The first-order valence-corrected chi connectivity index (χ1v) is 6.12. The third-order valence-electron chi connectivity index (χ3n) is 3.60. The molecule has 1 radical (unpaired) electrons. The Balaban J connectivity index is 2.03. The van der Waals surface area contributed by atoms with Crippen molar-refractivity contribution in [3.05, 3.63) is 6.42 Å². The first-order valence-electron chi connectivity index (χ1n) is 6.12. The highest BCUT2D eigenvalue weighted by atomic mass is 16.6. The quantitative estimate of drug-likeness (QED) is 0.657. The molecule has 4 heteroatoms. The lowest BCUT2D eigenvalue weighted by molar-refractivity contribution is -0.116. The standard InChI is InChI=1S/C13H20NO3/c1-12(2,3)17-11(16)14-7-10-5-4-6-13(10,8-14)9-15/h4,9-10H,5-8H2,1-3H3. The highest BCUT2D eigenvalue weighted by Crippen LogP contribution is 2.46. The van der Waals surface area contributed by atoms with Gasteiger partial charge in [0.25, 0.3) is 0 Å². The topological polar surface area (TPSA) is 46.6 Å². The van der Waals surface area contributed by atoms with Gasteiger partial charge in [-0.25, -0.2) is 4.79 Å². The van der Waals surface area contributed by atoms with Crippen LogP contribution in [0.15, 0.2) is 0 Å². The van der Waals surface area contributed by atoms with Crippen LogP contribution in [0, 0.1) is 17.8 Å². The van der Waals surface area contributed by atoms with E-state index in [0.29, 0.717) is 13.1 Å². The number of rotatable bonds is 1. The van der Waals surface area contributed by atoms with Crippen molar-refractivity contribution >= 4 is 12.4 Å². The number of aldehydes is 1. The molecule has 1 amide bonds. The van der Waals surface area contributed by atoms with E-state index < -0.39 is 5.60 Å². The van der Waals surface area contributed by atoms with Gasteiger partial charge < -0.3 is 14.4 Å². The average Bonchev–Trinajstić information content (AvgIpc) is 2.70. The van der Waals surface area contributed by atoms with Crippen LogP contribution in [-0.2, 0) is 9.53 Å². The Morgan fingerprint density at radius 2 is 2.24 bits per heavy atom. The summed E-state index contributed by atoms with van der Waals surface area (Å²) in [7, 11) is 0. The van der Waals surface area contributed by atoms with Gasteiger partial charge in [-0.1, -0.05) is 0 Å². The Labute approximate surface area is 102 Å². The Morgan fingerprint density at radius 3 is 2.76 bits per heavy atom. The highest BCUT2D eigenvalue weighted by molar-refractivity contribution is 5.72. The zero-order valence-electron chi connectivity index (χ0n) is 10.7. The van der Waals surface area contributed by atoms with E-state index in [1.807, 2.05) is 20.8 Å². The van der Waals surface area contributed by atoms with Gasteiger partial charge >= 0.3 is 6.09 Å². The lowest BCUT2D eigenvalue weighted by Gasteiger charge is -2.25. The van der Waals surface area contributed by atoms with Crippen molar-refractivity contribution in [3.63, 3.8) is 0 Å². The molecule has 0 bridgehead atoms. The summed E-state index contributed by atoms with van der Waals surface area (Å²) < 4.78 is 5.34. The second-order valence-electron chi connectivity index (χ2n) is 6.14. The van der Waals surface area contributed by atoms with E-state index in [1.165, 1.54) is 0 Å². The third kappa shape index (κ3) is 2.31. The van der Waals surface area contributed by atoms with E-state index in [0.717, 1.165) is 19.1 Å². The fourth-order valence-electron chi connectivity index (χ4n) is 2.74. The molecule has 0 spiro atoms. The van der Waals surface area contributed by atoms with E-state index in [4.69, 9.17) is 4.74 Å². The molecule has 2 atom stereocenters. The molecule has 0 aromatic rings. The summed E-state index contributed by atoms with van der Waals surface area (Å²) in [5, 5.41) is 0. The third-order valence-corrected chi connectivity index (χ3v) is 3.60. The molecule has 1 aliphatic carbocycles. The van der Waals surface area contributed by atoms with Crippen molar-refractivity contribution in [3.8, 4) is 0 Å². The number of carbonyl (C=O) groups is 2. The number of hydrogen-bond acceptors (Lipinski definition) is 3. The number of amides is 1. The minimum Gasteiger partial charge on any atom is -0.444 e. The maximum absolute atomic E-state index is 11.9. The van der Waals surface area contributed by atoms with Crippen molar-refractivity contribution in [1.29, 1.82) is 0 Å². The number of likely N-dealkylation sites (tertiary alicyclic amines) is 1. The summed E-state index contributed by atoms with van der Waals surface area (Å²) in [6.45, 7) is 6.71. The minimum absolute atomic E-state index is 0.285. The van der Waals surface area contributed by atoms with Gasteiger partial charge in [0.05, 0.1) is 0 Å². The molecular weight excluding hydrogens is 218 g/mol. The Morgan fingerprint density at radius 1 is 1.53 bits per heavy atom. The number of nitrogens with zero attached hydrogens (tertiary/aromatic N) is 1. The van der Waals surface area contributed by atoms with Crippen molar-refractivity contribution in [2.24, 2.45) is 11.3 Å². The van der Waals surface area contributed by atoms with Gasteiger partial charge in [-0.05, 0) is 46.0 Å². The van der Waals surface area contributed by atoms with Crippen LogP contribution in [0.5, 0.6) is 0 Å². The largest absolute Gasteiger partial charge is 0.444 e. The average molecular weight is 238 g/mol. The molecule has 2 fully saturated rings. The summed E-state index contributed by atoms with van der Waals surface area (Å²) >= 11 is 0. The molecule has 2 rings (SSSR count). The molecule has 0 aromatic carbocycles. The Hall–Kier alpha value is -1.06. The van der Waals surface area contributed by atoms with E-state index in [2.05, 4.69) is 6.42 Å². The summed E-state index contributed by atoms with van der Waals surface area (Å²) in [5.74, 6) is 0.285. The Bertz CT molecular complexity index is 334. The fourth-order valence-corrected chi connectivity index (χ4v) is 2.74. The zero-order valence-corrected chi connectivity index (χ0v) is 10.7. The summed E-state index contributed by atoms with van der Waals surface area (Å²) in [6, 6.07) is 0. The normalized spacial score (nSPS) is 32.4. The minimum atomic E-state index is -0.477. The smallest absolute Gasteiger partial charge is 0.410 e. The summed E-state index contributed by atoms with van der Waals surface area (Å²) in [5.41, 5.74) is -0.813. The molecule has 4 nitrogen and oxygen atoms in total. The molecule has 1 heterocycles. The molecule has 2 unspecified atom stereocenters. The molecule has 95 valence electrons. The van der Waals surface area contributed by atoms with E-state index in [1.54, 1.807) is 4.90 Å². The van der Waals surface area contributed by atoms with Crippen molar-refractivity contribution in [2.75, 3.05) is 13.1 Å².